The Balaban J connectivity index is 3.41. The maximum atomic E-state index is 14.2. The van der Waals surface area contributed by atoms with Crippen LogP contribution in [-0.2, 0) is 15.1 Å². The molecule has 0 saturated heterocycles. The normalized spacial score (nSPS) is 14.1. The molecule has 0 saturated carbocycles. The molecule has 0 aliphatic rings. The van der Waals surface area contributed by atoms with Crippen LogP contribution in [0.1, 0.15) is 38.8 Å². The lowest BCUT2D eigenvalue weighted by Gasteiger charge is -2.36. The van der Waals surface area contributed by atoms with Gasteiger partial charge >= 0.3 is 12.1 Å². The predicted molar refractivity (Wildman–Crippen MR) is 80.1 cm³/mol. The highest BCUT2D eigenvalue weighted by Gasteiger charge is 2.45. The molecule has 0 spiro atoms. The van der Waals surface area contributed by atoms with Crippen LogP contribution >= 0.6 is 0 Å². The molecule has 1 unspecified atom stereocenters. The number of carboxylic acid groups (broad SMARTS) is 1. The van der Waals surface area contributed by atoms with E-state index in [2.05, 4.69) is 0 Å². The summed E-state index contributed by atoms with van der Waals surface area (Å²) in [6, 6.07) is 1.69. The molecule has 0 heterocycles. The Labute approximate surface area is 133 Å². The van der Waals surface area contributed by atoms with Gasteiger partial charge in [-0.1, -0.05) is 0 Å². The summed E-state index contributed by atoms with van der Waals surface area (Å²) in [5.41, 5.74) is -3.40. The highest BCUT2D eigenvalue weighted by atomic mass is 19.1. The van der Waals surface area contributed by atoms with Gasteiger partial charge in [0, 0.05) is 12.6 Å². The Bertz CT molecular complexity index is 640. The van der Waals surface area contributed by atoms with Crippen LogP contribution in [0.5, 0.6) is 0 Å². The number of halogens is 2. The maximum Gasteiger partial charge on any atom is 0.411 e. The van der Waals surface area contributed by atoms with Gasteiger partial charge in [0.1, 0.15) is 17.2 Å². The third kappa shape index (κ3) is 3.78. The molecule has 1 amide bonds. The summed E-state index contributed by atoms with van der Waals surface area (Å²) in [7, 11) is 1.17. The first kappa shape index (κ1) is 18.9. The van der Waals surface area contributed by atoms with Crippen molar-refractivity contribution in [1.82, 2.24) is 4.90 Å². The summed E-state index contributed by atoms with van der Waals surface area (Å²) in [4.78, 5) is 24.7. The number of carboxylic acids is 1. The summed E-state index contributed by atoms with van der Waals surface area (Å²) < 4.78 is 33.2. The minimum Gasteiger partial charge on any atom is -0.479 e. The summed E-state index contributed by atoms with van der Waals surface area (Å²) in [6.45, 7) is 7.32. The fourth-order valence-corrected chi connectivity index (χ4v) is 1.97. The van der Waals surface area contributed by atoms with E-state index in [9.17, 15) is 23.5 Å². The molecule has 128 valence electrons. The van der Waals surface area contributed by atoms with Gasteiger partial charge in [-0.05, 0) is 52.3 Å². The van der Waals surface area contributed by atoms with Gasteiger partial charge in [-0.2, -0.15) is 0 Å². The number of nitrogens with zero attached hydrogens (tertiary/aromatic N) is 1. The van der Waals surface area contributed by atoms with Gasteiger partial charge in [0.15, 0.2) is 5.54 Å². The molecule has 1 N–H and O–H groups in total. The second-order valence-corrected chi connectivity index (χ2v) is 6.50. The van der Waals surface area contributed by atoms with Crippen molar-refractivity contribution >= 4 is 12.1 Å². The monoisotopic (exact) mass is 329 g/mol. The number of aryl methyl sites for hydroxylation is 1. The molecule has 1 rings (SSSR count). The Morgan fingerprint density at radius 1 is 1.13 bits per heavy atom. The quantitative estimate of drug-likeness (QED) is 0.922. The first-order valence-electron chi connectivity index (χ1n) is 6.97. The molecule has 0 bridgehead atoms. The van der Waals surface area contributed by atoms with Gasteiger partial charge in [0.2, 0.25) is 0 Å². The Hall–Kier alpha value is -2.18. The minimum absolute atomic E-state index is 0.0407. The van der Waals surface area contributed by atoms with E-state index in [1.807, 2.05) is 0 Å². The Morgan fingerprint density at radius 3 is 2.09 bits per heavy atom. The van der Waals surface area contributed by atoms with Crippen molar-refractivity contribution in [3.8, 4) is 0 Å². The summed E-state index contributed by atoms with van der Waals surface area (Å²) >= 11 is 0. The first-order chi connectivity index (χ1) is 10.3. The number of likely N-dealkylation sites (N-methyl/N-ethyl adjacent to an activating group) is 1. The number of carbonyl (C=O) groups excluding carboxylic acids is 1. The van der Waals surface area contributed by atoms with Crippen LogP contribution in [0.4, 0.5) is 13.6 Å². The topological polar surface area (TPSA) is 66.8 Å². The summed E-state index contributed by atoms with van der Waals surface area (Å²) in [5.74, 6) is -3.18. The van der Waals surface area contributed by atoms with Gasteiger partial charge in [-0.3, -0.25) is 4.90 Å². The number of hydrogen-bond acceptors (Lipinski definition) is 3. The molecule has 0 aliphatic heterocycles. The first-order valence-corrected chi connectivity index (χ1v) is 6.97. The molecule has 7 heteroatoms. The molecule has 0 radical (unpaired) electrons. The maximum absolute atomic E-state index is 14.2. The molecule has 5 nitrogen and oxygen atoms in total. The molecular formula is C16H21F2NO4. The van der Waals surface area contributed by atoms with Crippen LogP contribution in [0.25, 0.3) is 0 Å². The highest BCUT2D eigenvalue weighted by molar-refractivity contribution is 5.85. The zero-order valence-corrected chi connectivity index (χ0v) is 14.0. The number of amides is 1. The number of benzene rings is 1. The lowest BCUT2D eigenvalue weighted by Crippen LogP contribution is -2.52. The predicted octanol–water partition coefficient (Wildman–Crippen LogP) is 3.44. The summed E-state index contributed by atoms with van der Waals surface area (Å²) in [5, 5.41) is 9.55. The molecule has 0 aromatic heterocycles. The number of carbonyl (C=O) groups is 2. The second-order valence-electron chi connectivity index (χ2n) is 6.50. The minimum atomic E-state index is -2.12. The third-order valence-corrected chi connectivity index (χ3v) is 3.53. The average molecular weight is 329 g/mol. The van der Waals surface area contributed by atoms with Crippen LogP contribution < -0.4 is 0 Å². The van der Waals surface area contributed by atoms with Crippen molar-refractivity contribution in [1.29, 1.82) is 0 Å². The van der Waals surface area contributed by atoms with Gasteiger partial charge in [0.05, 0.1) is 0 Å². The average Bonchev–Trinajstić information content (AvgIpc) is 2.38. The highest BCUT2D eigenvalue weighted by Crippen LogP contribution is 2.32. The number of rotatable bonds is 3. The van der Waals surface area contributed by atoms with Crippen molar-refractivity contribution in [2.24, 2.45) is 0 Å². The summed E-state index contributed by atoms with van der Waals surface area (Å²) in [6.07, 6.45) is -0.956. The lowest BCUT2D eigenvalue weighted by molar-refractivity contribution is -0.150. The molecule has 0 fully saturated rings. The molecule has 0 aliphatic carbocycles. The van der Waals surface area contributed by atoms with Crippen LogP contribution in [0.3, 0.4) is 0 Å². The van der Waals surface area contributed by atoms with Crippen LogP contribution in [-0.4, -0.2) is 34.7 Å². The standard InChI is InChI=1S/C16H21F2NO4/c1-9-7-12(18)10(8-11(9)17)16(5,13(20)21)19(6)14(22)23-15(2,3)4/h7-8H,1-6H3,(H,20,21). The molecular weight excluding hydrogens is 308 g/mol. The van der Waals surface area contributed by atoms with Crippen molar-refractivity contribution in [2.45, 2.75) is 45.8 Å². The van der Waals surface area contributed by atoms with E-state index in [0.717, 1.165) is 24.0 Å². The SMILES string of the molecule is Cc1cc(F)c(C(C)(C(=O)O)N(C)C(=O)OC(C)(C)C)cc1F. The van der Waals surface area contributed by atoms with Crippen LogP contribution in [0, 0.1) is 18.6 Å². The fraction of sp³-hybridized carbons (Fsp3) is 0.500. The lowest BCUT2D eigenvalue weighted by atomic mass is 9.89. The van der Waals surface area contributed by atoms with Crippen molar-refractivity contribution in [2.75, 3.05) is 7.05 Å². The van der Waals surface area contributed by atoms with Gasteiger partial charge in [0.25, 0.3) is 0 Å². The van der Waals surface area contributed by atoms with E-state index >= 15 is 0 Å². The second kappa shape index (κ2) is 6.14. The van der Waals surface area contributed by atoms with E-state index in [1.165, 1.54) is 14.0 Å². The smallest absolute Gasteiger partial charge is 0.411 e. The van der Waals surface area contributed by atoms with Crippen molar-refractivity contribution in [3.05, 3.63) is 34.9 Å². The Morgan fingerprint density at radius 2 is 1.65 bits per heavy atom. The van der Waals surface area contributed by atoms with E-state index in [-0.39, 0.29) is 5.56 Å². The zero-order chi connectivity index (χ0) is 18.2. The van der Waals surface area contributed by atoms with Crippen molar-refractivity contribution < 1.29 is 28.2 Å². The molecule has 23 heavy (non-hydrogen) atoms. The number of ether oxygens (including phenoxy) is 1. The van der Waals surface area contributed by atoms with E-state index in [0.29, 0.717) is 0 Å². The zero-order valence-electron chi connectivity index (χ0n) is 14.0. The molecule has 1 aromatic carbocycles. The largest absolute Gasteiger partial charge is 0.479 e. The Kier molecular flexibility index (Phi) is 5.03. The number of hydrogen-bond donors (Lipinski definition) is 1. The third-order valence-electron chi connectivity index (χ3n) is 3.53. The van der Waals surface area contributed by atoms with Crippen molar-refractivity contribution in [3.63, 3.8) is 0 Å². The van der Waals surface area contributed by atoms with Crippen LogP contribution in [0.15, 0.2) is 12.1 Å². The number of aliphatic carboxylic acids is 1. The van der Waals surface area contributed by atoms with Gasteiger partial charge in [-0.25, -0.2) is 18.4 Å². The van der Waals surface area contributed by atoms with Gasteiger partial charge in [-0.15, -0.1) is 0 Å². The van der Waals surface area contributed by atoms with Gasteiger partial charge < -0.3 is 9.84 Å². The molecule has 1 atom stereocenters. The van der Waals surface area contributed by atoms with E-state index < -0.39 is 40.4 Å². The van der Waals surface area contributed by atoms with Crippen LogP contribution in [0.2, 0.25) is 0 Å². The van der Waals surface area contributed by atoms with E-state index in [1.54, 1.807) is 20.8 Å². The van der Waals surface area contributed by atoms with E-state index in [4.69, 9.17) is 4.74 Å². The molecule has 1 aromatic rings. The fourth-order valence-electron chi connectivity index (χ4n) is 1.97.